The third kappa shape index (κ3) is 3.10. The molecule has 5 nitrogen and oxygen atoms in total. The Morgan fingerprint density at radius 1 is 1.24 bits per heavy atom. The topological polar surface area (TPSA) is 57.4 Å². The minimum atomic E-state index is 0.201. The van der Waals surface area contributed by atoms with Crippen molar-refractivity contribution in [3.63, 3.8) is 0 Å². The Balaban J connectivity index is 1.96. The van der Waals surface area contributed by atoms with Gasteiger partial charge in [0, 0.05) is 6.07 Å². The van der Waals surface area contributed by atoms with Gasteiger partial charge in [0.2, 0.25) is 5.89 Å². The average Bonchev–Trinajstić information content (AvgIpc) is 2.84. The lowest BCUT2D eigenvalue weighted by Gasteiger charge is -2.04. The van der Waals surface area contributed by atoms with Crippen molar-refractivity contribution < 1.29 is 13.9 Å². The summed E-state index contributed by atoms with van der Waals surface area (Å²) in [7, 11) is 1.60. The Bertz CT molecular complexity index is 487. The van der Waals surface area contributed by atoms with E-state index in [1.54, 1.807) is 13.2 Å². The van der Waals surface area contributed by atoms with Gasteiger partial charge in [0.15, 0.2) is 6.61 Å². The molecule has 0 aliphatic carbocycles. The van der Waals surface area contributed by atoms with Gasteiger partial charge in [0.1, 0.15) is 17.4 Å². The Kier molecular flexibility index (Phi) is 3.82. The fourth-order valence-electron chi connectivity index (χ4n) is 1.24. The standard InChI is InChI=1S/C11H11ClN2O3/c1-15-8-3-2-4-9(5-8)16-7-11-14-13-10(6-12)17-11/h2-5H,6-7H2,1H3. The third-order valence-electron chi connectivity index (χ3n) is 2.03. The molecule has 0 spiro atoms. The van der Waals surface area contributed by atoms with Crippen molar-refractivity contribution in [2.75, 3.05) is 7.11 Å². The van der Waals surface area contributed by atoms with Crippen molar-refractivity contribution in [1.82, 2.24) is 10.2 Å². The minimum absolute atomic E-state index is 0.201. The fourth-order valence-corrected chi connectivity index (χ4v) is 1.34. The highest BCUT2D eigenvalue weighted by Crippen LogP contribution is 2.19. The molecule has 0 saturated heterocycles. The number of alkyl halides is 1. The number of halogens is 1. The normalized spacial score (nSPS) is 10.2. The molecule has 0 aliphatic rings. The Labute approximate surface area is 103 Å². The third-order valence-corrected chi connectivity index (χ3v) is 2.26. The Morgan fingerprint density at radius 2 is 2.00 bits per heavy atom. The first-order chi connectivity index (χ1) is 8.31. The first-order valence-corrected chi connectivity index (χ1v) is 5.49. The summed E-state index contributed by atoms with van der Waals surface area (Å²) >= 11 is 5.54. The van der Waals surface area contributed by atoms with Crippen LogP contribution in [0.1, 0.15) is 11.8 Å². The van der Waals surface area contributed by atoms with Crippen LogP contribution in [-0.4, -0.2) is 17.3 Å². The monoisotopic (exact) mass is 254 g/mol. The molecule has 0 fully saturated rings. The van der Waals surface area contributed by atoms with Crippen LogP contribution in [0.2, 0.25) is 0 Å². The molecule has 1 aromatic carbocycles. The van der Waals surface area contributed by atoms with Crippen LogP contribution < -0.4 is 9.47 Å². The highest BCUT2D eigenvalue weighted by molar-refractivity contribution is 6.16. The van der Waals surface area contributed by atoms with Crippen LogP contribution in [-0.2, 0) is 12.5 Å². The lowest BCUT2D eigenvalue weighted by molar-refractivity contribution is 0.259. The van der Waals surface area contributed by atoms with Crippen LogP contribution in [0.15, 0.2) is 28.7 Å². The van der Waals surface area contributed by atoms with Crippen molar-refractivity contribution >= 4 is 11.6 Å². The number of nitrogens with zero attached hydrogens (tertiary/aromatic N) is 2. The van der Waals surface area contributed by atoms with Crippen molar-refractivity contribution in [2.24, 2.45) is 0 Å². The zero-order valence-corrected chi connectivity index (χ0v) is 9.98. The number of aromatic nitrogens is 2. The maximum Gasteiger partial charge on any atom is 0.253 e. The molecule has 0 amide bonds. The van der Waals surface area contributed by atoms with Gasteiger partial charge in [-0.2, -0.15) is 0 Å². The summed E-state index contributed by atoms with van der Waals surface area (Å²) in [5, 5.41) is 7.51. The molecule has 2 rings (SSSR count). The molecular weight excluding hydrogens is 244 g/mol. The van der Waals surface area contributed by atoms with E-state index in [4.69, 9.17) is 25.5 Å². The smallest absolute Gasteiger partial charge is 0.253 e. The number of ether oxygens (including phenoxy) is 2. The second-order valence-electron chi connectivity index (χ2n) is 3.19. The van der Waals surface area contributed by atoms with Gasteiger partial charge in [-0.15, -0.1) is 21.8 Å². The largest absolute Gasteiger partial charge is 0.497 e. The van der Waals surface area contributed by atoms with E-state index in [0.29, 0.717) is 17.5 Å². The molecule has 1 aromatic heterocycles. The van der Waals surface area contributed by atoms with E-state index in [1.165, 1.54) is 0 Å². The van der Waals surface area contributed by atoms with E-state index >= 15 is 0 Å². The van der Waals surface area contributed by atoms with Gasteiger partial charge >= 0.3 is 0 Å². The van der Waals surface area contributed by atoms with Crippen molar-refractivity contribution in [3.05, 3.63) is 36.0 Å². The van der Waals surface area contributed by atoms with Crippen molar-refractivity contribution in [1.29, 1.82) is 0 Å². The maximum atomic E-state index is 5.54. The lowest BCUT2D eigenvalue weighted by Crippen LogP contribution is -1.96. The summed E-state index contributed by atoms with van der Waals surface area (Å²) in [5.41, 5.74) is 0. The van der Waals surface area contributed by atoms with Crippen molar-refractivity contribution in [3.8, 4) is 11.5 Å². The number of hydrogen-bond donors (Lipinski definition) is 0. The highest BCUT2D eigenvalue weighted by Gasteiger charge is 2.05. The molecule has 0 aliphatic heterocycles. The molecule has 1 heterocycles. The molecule has 0 saturated carbocycles. The van der Waals surface area contributed by atoms with E-state index in [9.17, 15) is 0 Å². The second-order valence-corrected chi connectivity index (χ2v) is 3.46. The maximum absolute atomic E-state index is 5.54. The molecule has 17 heavy (non-hydrogen) atoms. The summed E-state index contributed by atoms with van der Waals surface area (Å²) in [6.07, 6.45) is 0. The predicted octanol–water partition coefficient (Wildman–Crippen LogP) is 2.40. The number of methoxy groups -OCH3 is 1. The van der Waals surface area contributed by atoms with E-state index in [0.717, 1.165) is 5.75 Å². The van der Waals surface area contributed by atoms with Crippen LogP contribution in [0.4, 0.5) is 0 Å². The molecular formula is C11H11ClN2O3. The first-order valence-electron chi connectivity index (χ1n) is 4.96. The van der Waals surface area contributed by atoms with E-state index < -0.39 is 0 Å². The molecule has 0 N–H and O–H groups in total. The predicted molar refractivity (Wildman–Crippen MR) is 61.2 cm³/mol. The number of hydrogen-bond acceptors (Lipinski definition) is 5. The van der Waals surface area contributed by atoms with Crippen molar-refractivity contribution in [2.45, 2.75) is 12.5 Å². The van der Waals surface area contributed by atoms with Crippen LogP contribution in [0, 0.1) is 0 Å². The Hall–Kier alpha value is -1.75. The van der Waals surface area contributed by atoms with Gasteiger partial charge in [-0.3, -0.25) is 0 Å². The lowest BCUT2D eigenvalue weighted by atomic mass is 10.3. The van der Waals surface area contributed by atoms with Gasteiger partial charge in [-0.25, -0.2) is 0 Å². The van der Waals surface area contributed by atoms with Gasteiger partial charge in [0.05, 0.1) is 7.11 Å². The summed E-state index contributed by atoms with van der Waals surface area (Å²) in [6, 6.07) is 7.28. The molecule has 0 radical (unpaired) electrons. The van der Waals surface area contributed by atoms with Crippen LogP contribution in [0.3, 0.4) is 0 Å². The van der Waals surface area contributed by atoms with E-state index in [-0.39, 0.29) is 12.5 Å². The minimum Gasteiger partial charge on any atom is -0.497 e. The second kappa shape index (κ2) is 5.54. The highest BCUT2D eigenvalue weighted by atomic mass is 35.5. The van der Waals surface area contributed by atoms with E-state index in [1.807, 2.05) is 18.2 Å². The number of benzene rings is 1. The fraction of sp³-hybridized carbons (Fsp3) is 0.273. The van der Waals surface area contributed by atoms with Crippen LogP contribution in [0.5, 0.6) is 11.5 Å². The molecule has 0 atom stereocenters. The summed E-state index contributed by atoms with van der Waals surface area (Å²) in [4.78, 5) is 0. The average molecular weight is 255 g/mol. The first kappa shape index (κ1) is 11.7. The molecule has 2 aromatic rings. The van der Waals surface area contributed by atoms with Crippen LogP contribution in [0.25, 0.3) is 0 Å². The Morgan fingerprint density at radius 3 is 2.71 bits per heavy atom. The summed E-state index contributed by atoms with van der Waals surface area (Å²) in [6.45, 7) is 0.205. The van der Waals surface area contributed by atoms with Crippen LogP contribution >= 0.6 is 11.6 Å². The SMILES string of the molecule is COc1cccc(OCc2nnc(CCl)o2)c1. The molecule has 90 valence electrons. The quantitative estimate of drug-likeness (QED) is 0.767. The van der Waals surface area contributed by atoms with Gasteiger partial charge in [0.25, 0.3) is 5.89 Å². The zero-order chi connectivity index (χ0) is 12.1. The zero-order valence-electron chi connectivity index (χ0n) is 9.22. The molecule has 0 bridgehead atoms. The van der Waals surface area contributed by atoms with Gasteiger partial charge in [-0.1, -0.05) is 6.07 Å². The summed E-state index contributed by atoms with van der Waals surface area (Å²) < 4.78 is 15.8. The summed E-state index contributed by atoms with van der Waals surface area (Å²) in [5.74, 6) is 2.38. The van der Waals surface area contributed by atoms with Gasteiger partial charge < -0.3 is 13.9 Å². The van der Waals surface area contributed by atoms with Gasteiger partial charge in [-0.05, 0) is 12.1 Å². The molecule has 0 unspecified atom stereocenters. The number of rotatable bonds is 5. The van der Waals surface area contributed by atoms with E-state index in [2.05, 4.69) is 10.2 Å². The molecule has 6 heteroatoms.